The van der Waals surface area contributed by atoms with E-state index in [1.807, 2.05) is 41.5 Å². The minimum absolute atomic E-state index is 0.0996. The van der Waals surface area contributed by atoms with Crippen LogP contribution >= 0.6 is 11.8 Å². The predicted molar refractivity (Wildman–Crippen MR) is 100 cm³/mol. The number of methoxy groups -OCH3 is 1. The van der Waals surface area contributed by atoms with Gasteiger partial charge in [0, 0.05) is 23.2 Å². The fraction of sp³-hybridized carbons (Fsp3) is 0.316. The van der Waals surface area contributed by atoms with E-state index in [-0.39, 0.29) is 17.8 Å². The number of benzene rings is 2. The number of hydrogen-bond acceptors (Lipinski definition) is 4. The maximum Gasteiger partial charge on any atom is 0.322 e. The molecule has 0 unspecified atom stereocenters. The van der Waals surface area contributed by atoms with Crippen LogP contribution in [0.4, 0.5) is 10.5 Å². The second kappa shape index (κ2) is 7.70. The van der Waals surface area contributed by atoms with Crippen LogP contribution in [0.1, 0.15) is 18.4 Å². The molecule has 0 radical (unpaired) electrons. The number of aromatic hydroxyl groups is 1. The smallest absolute Gasteiger partial charge is 0.322 e. The Kier molecular flexibility index (Phi) is 5.38. The third-order valence-electron chi connectivity index (χ3n) is 4.17. The van der Waals surface area contributed by atoms with Gasteiger partial charge in [-0.05, 0) is 55.0 Å². The molecule has 5 nitrogen and oxygen atoms in total. The van der Waals surface area contributed by atoms with Crippen LogP contribution in [0.25, 0.3) is 0 Å². The van der Waals surface area contributed by atoms with Crippen LogP contribution in [0, 0.1) is 0 Å². The van der Waals surface area contributed by atoms with Gasteiger partial charge in [0.15, 0.2) is 11.5 Å². The summed E-state index contributed by atoms with van der Waals surface area (Å²) in [5.41, 5.74) is 1.72. The molecule has 0 spiro atoms. The van der Waals surface area contributed by atoms with Crippen molar-refractivity contribution < 1.29 is 14.6 Å². The number of amides is 2. The monoisotopic (exact) mass is 358 g/mol. The van der Waals surface area contributed by atoms with Crippen LogP contribution in [0.15, 0.2) is 47.4 Å². The second-order valence-corrected chi connectivity index (χ2v) is 6.91. The first-order valence-corrected chi connectivity index (χ1v) is 9.40. The third kappa shape index (κ3) is 4.39. The molecule has 1 fully saturated rings. The van der Waals surface area contributed by atoms with Gasteiger partial charge in [0.2, 0.25) is 0 Å². The van der Waals surface area contributed by atoms with Crippen LogP contribution in [0.3, 0.4) is 0 Å². The molecule has 0 aliphatic heterocycles. The molecular weight excluding hydrogens is 336 g/mol. The lowest BCUT2D eigenvalue weighted by molar-refractivity contribution is 0.206. The molecular formula is C19H22N2O3S. The van der Waals surface area contributed by atoms with Crippen LogP contribution in [0.2, 0.25) is 0 Å². The van der Waals surface area contributed by atoms with Gasteiger partial charge in [-0.2, -0.15) is 0 Å². The van der Waals surface area contributed by atoms with E-state index >= 15 is 0 Å². The van der Waals surface area contributed by atoms with E-state index in [2.05, 4.69) is 5.32 Å². The molecule has 1 aliphatic carbocycles. The Morgan fingerprint density at radius 3 is 2.80 bits per heavy atom. The quantitative estimate of drug-likeness (QED) is 0.755. The minimum Gasteiger partial charge on any atom is -0.504 e. The van der Waals surface area contributed by atoms with Crippen molar-refractivity contribution in [2.45, 2.75) is 30.3 Å². The first-order valence-electron chi connectivity index (χ1n) is 8.18. The highest BCUT2D eigenvalue weighted by Gasteiger charge is 2.32. The molecule has 2 amide bonds. The zero-order valence-electron chi connectivity index (χ0n) is 14.4. The zero-order valence-corrected chi connectivity index (χ0v) is 15.2. The molecule has 1 saturated carbocycles. The Hall–Kier alpha value is -2.34. The average Bonchev–Trinajstić information content (AvgIpc) is 3.46. The largest absolute Gasteiger partial charge is 0.504 e. The van der Waals surface area contributed by atoms with E-state index < -0.39 is 0 Å². The number of phenolic OH excluding ortho intramolecular Hbond substituents is 1. The number of carbonyl (C=O) groups excluding carboxylic acids is 1. The number of nitrogens with one attached hydrogen (secondary N) is 1. The van der Waals surface area contributed by atoms with Crippen molar-refractivity contribution >= 4 is 23.5 Å². The Balaban J connectivity index is 1.73. The van der Waals surface area contributed by atoms with Gasteiger partial charge in [0.25, 0.3) is 0 Å². The maximum absolute atomic E-state index is 12.7. The SMILES string of the molecule is COc1cc(CN(C(=O)Nc2cccc(SC)c2)C2CC2)ccc1O. The van der Waals surface area contributed by atoms with Crippen LogP contribution in [-0.2, 0) is 6.54 Å². The topological polar surface area (TPSA) is 61.8 Å². The number of carbonyl (C=O) groups is 1. The summed E-state index contributed by atoms with van der Waals surface area (Å²) in [6.45, 7) is 0.482. The fourth-order valence-corrected chi connectivity index (χ4v) is 3.13. The van der Waals surface area contributed by atoms with E-state index in [4.69, 9.17) is 4.74 Å². The van der Waals surface area contributed by atoms with Crippen molar-refractivity contribution in [1.29, 1.82) is 0 Å². The van der Waals surface area contributed by atoms with E-state index in [9.17, 15) is 9.90 Å². The Labute approximate surface area is 152 Å². The standard InChI is InChI=1S/C19H22N2O3S/c1-24-18-10-13(6-9-17(18)22)12-21(15-7-8-15)19(23)20-14-4-3-5-16(11-14)25-2/h3-6,9-11,15,22H,7-8,12H2,1-2H3,(H,20,23). The normalized spacial score (nSPS) is 13.4. The van der Waals surface area contributed by atoms with Crippen molar-refractivity contribution in [2.75, 3.05) is 18.7 Å². The molecule has 6 heteroatoms. The Bertz CT molecular complexity index is 762. The molecule has 2 N–H and O–H groups in total. The van der Waals surface area contributed by atoms with E-state index in [0.29, 0.717) is 12.3 Å². The van der Waals surface area contributed by atoms with Gasteiger partial charge in [0.05, 0.1) is 7.11 Å². The summed E-state index contributed by atoms with van der Waals surface area (Å²) < 4.78 is 5.15. The lowest BCUT2D eigenvalue weighted by Crippen LogP contribution is -2.36. The van der Waals surface area contributed by atoms with Gasteiger partial charge in [-0.1, -0.05) is 12.1 Å². The summed E-state index contributed by atoms with van der Waals surface area (Å²) in [6, 6.07) is 13.2. The highest BCUT2D eigenvalue weighted by atomic mass is 32.2. The highest BCUT2D eigenvalue weighted by Crippen LogP contribution is 2.32. The van der Waals surface area contributed by atoms with E-state index in [0.717, 1.165) is 29.0 Å². The summed E-state index contributed by atoms with van der Waals surface area (Å²) in [5.74, 6) is 0.517. The molecule has 0 atom stereocenters. The summed E-state index contributed by atoms with van der Waals surface area (Å²) in [6.07, 6.45) is 4.05. The predicted octanol–water partition coefficient (Wildman–Crippen LogP) is 4.32. The summed E-state index contributed by atoms with van der Waals surface area (Å²) in [5, 5.41) is 12.7. The van der Waals surface area contributed by atoms with Crippen molar-refractivity contribution in [2.24, 2.45) is 0 Å². The van der Waals surface area contributed by atoms with Gasteiger partial charge in [0.1, 0.15) is 0 Å². The number of ether oxygens (including phenoxy) is 1. The second-order valence-electron chi connectivity index (χ2n) is 6.03. The molecule has 2 aromatic rings. The number of phenols is 1. The maximum atomic E-state index is 12.7. The lowest BCUT2D eigenvalue weighted by atomic mass is 10.2. The van der Waals surface area contributed by atoms with Crippen molar-refractivity contribution in [3.8, 4) is 11.5 Å². The number of anilines is 1. The first kappa shape index (κ1) is 17.5. The summed E-state index contributed by atoms with van der Waals surface area (Å²) >= 11 is 1.64. The zero-order chi connectivity index (χ0) is 17.8. The molecule has 1 aliphatic rings. The number of rotatable bonds is 6. The van der Waals surface area contributed by atoms with Crippen LogP contribution < -0.4 is 10.1 Å². The summed E-state index contributed by atoms with van der Waals surface area (Å²) in [7, 11) is 1.52. The third-order valence-corrected chi connectivity index (χ3v) is 4.89. The van der Waals surface area contributed by atoms with Crippen LogP contribution in [0.5, 0.6) is 11.5 Å². The van der Waals surface area contributed by atoms with Crippen molar-refractivity contribution in [1.82, 2.24) is 4.90 Å². The molecule has 0 saturated heterocycles. The number of thioether (sulfide) groups is 1. The molecule has 0 aromatic heterocycles. The molecule has 0 bridgehead atoms. The van der Waals surface area contributed by atoms with Gasteiger partial charge >= 0.3 is 6.03 Å². The number of hydrogen-bond donors (Lipinski definition) is 2. The van der Waals surface area contributed by atoms with Crippen molar-refractivity contribution in [3.63, 3.8) is 0 Å². The molecule has 0 heterocycles. The first-order chi connectivity index (χ1) is 12.1. The Morgan fingerprint density at radius 1 is 1.32 bits per heavy atom. The number of nitrogens with zero attached hydrogens (tertiary/aromatic N) is 1. The van der Waals surface area contributed by atoms with Crippen LogP contribution in [-0.4, -0.2) is 35.4 Å². The fourth-order valence-electron chi connectivity index (χ4n) is 2.67. The molecule has 3 rings (SSSR count). The van der Waals surface area contributed by atoms with Gasteiger partial charge in [-0.25, -0.2) is 4.79 Å². The van der Waals surface area contributed by atoms with Crippen molar-refractivity contribution in [3.05, 3.63) is 48.0 Å². The summed E-state index contributed by atoms with van der Waals surface area (Å²) in [4.78, 5) is 15.7. The lowest BCUT2D eigenvalue weighted by Gasteiger charge is -2.23. The Morgan fingerprint density at radius 2 is 2.12 bits per heavy atom. The van der Waals surface area contributed by atoms with Gasteiger partial charge < -0.3 is 20.1 Å². The average molecular weight is 358 g/mol. The van der Waals surface area contributed by atoms with E-state index in [1.165, 1.54) is 7.11 Å². The van der Waals surface area contributed by atoms with Gasteiger partial charge in [-0.3, -0.25) is 0 Å². The minimum atomic E-state index is -0.104. The number of urea groups is 1. The molecule has 132 valence electrons. The molecule has 2 aromatic carbocycles. The van der Waals surface area contributed by atoms with E-state index in [1.54, 1.807) is 23.9 Å². The molecule has 25 heavy (non-hydrogen) atoms. The highest BCUT2D eigenvalue weighted by molar-refractivity contribution is 7.98. The van der Waals surface area contributed by atoms with Gasteiger partial charge in [-0.15, -0.1) is 11.8 Å².